The van der Waals surface area contributed by atoms with Gasteiger partial charge in [-0.15, -0.1) is 0 Å². The van der Waals surface area contributed by atoms with Crippen molar-refractivity contribution in [1.29, 1.82) is 0 Å². The van der Waals surface area contributed by atoms with Crippen LogP contribution in [0.15, 0.2) is 60.8 Å². The Balaban J connectivity index is 4.22. The van der Waals surface area contributed by atoms with Crippen molar-refractivity contribution in [3.63, 3.8) is 0 Å². The number of carbonyl (C=O) groups excluding carboxylic acids is 2. The highest BCUT2D eigenvalue weighted by atomic mass is 16.5. The zero-order chi connectivity index (χ0) is 39.6. The number of hydrogen-bond acceptors (Lipinski definition) is 5. The Kier molecular flexibility index (Phi) is 39.0. The van der Waals surface area contributed by atoms with Crippen LogP contribution in [0.5, 0.6) is 0 Å². The second kappa shape index (κ2) is 41.2. The molecular weight excluding hydrogens is 673 g/mol. The van der Waals surface area contributed by atoms with Gasteiger partial charge in [0.15, 0.2) is 0 Å². The lowest BCUT2D eigenvalue weighted by Gasteiger charge is -2.15. The fourth-order valence-corrected chi connectivity index (χ4v) is 6.24. The van der Waals surface area contributed by atoms with Crippen molar-refractivity contribution in [3.8, 4) is 0 Å². The molecule has 0 fully saturated rings. The number of aliphatic carboxylic acids is 1. The molecule has 0 heterocycles. The molecule has 7 heteroatoms. The first-order chi connectivity index (χ1) is 26.4. The average Bonchev–Trinajstić information content (AvgIpc) is 3.16. The molecule has 0 bridgehead atoms. The summed E-state index contributed by atoms with van der Waals surface area (Å²) in [6.45, 7) is 4.79. The summed E-state index contributed by atoms with van der Waals surface area (Å²) in [4.78, 5) is 36.2. The number of carboxylic acid groups (broad SMARTS) is 1. The number of carboxylic acids is 1. The Morgan fingerprint density at radius 2 is 1.07 bits per heavy atom. The minimum atomic E-state index is -1.01. The van der Waals surface area contributed by atoms with Gasteiger partial charge in [-0.05, 0) is 103 Å². The number of amides is 1. The first-order valence-electron chi connectivity index (χ1n) is 22.1. The molecule has 0 aromatic carbocycles. The van der Waals surface area contributed by atoms with E-state index in [4.69, 9.17) is 10.5 Å². The van der Waals surface area contributed by atoms with E-state index in [1.165, 1.54) is 77.0 Å². The minimum absolute atomic E-state index is 0.0895. The van der Waals surface area contributed by atoms with Crippen molar-refractivity contribution in [2.24, 2.45) is 5.73 Å². The fraction of sp³-hybridized carbons (Fsp3) is 0.723. The Hall–Kier alpha value is -2.93. The number of unbranched alkanes of at least 4 members (excludes halogenated alkanes) is 17. The molecule has 0 aromatic heterocycles. The van der Waals surface area contributed by atoms with Gasteiger partial charge in [0.2, 0.25) is 5.91 Å². The van der Waals surface area contributed by atoms with Gasteiger partial charge < -0.3 is 20.9 Å². The summed E-state index contributed by atoms with van der Waals surface area (Å²) in [5.74, 6) is -1.31. The summed E-state index contributed by atoms with van der Waals surface area (Å²) in [5, 5.41) is 11.9. The maximum Gasteiger partial charge on any atom is 0.326 e. The summed E-state index contributed by atoms with van der Waals surface area (Å²) >= 11 is 0. The number of nitrogens with one attached hydrogen (secondary N) is 1. The molecule has 1 amide bonds. The van der Waals surface area contributed by atoms with Crippen molar-refractivity contribution in [2.75, 3.05) is 6.54 Å². The summed E-state index contributed by atoms with van der Waals surface area (Å²) in [7, 11) is 0. The standard InChI is InChI=1S/C47H82N2O5/c1-3-5-7-9-11-13-14-15-16-17-18-19-20-21-22-23-25-31-35-41-46(51)54-43(37-32-28-24-12-10-8-6-4-2)38-33-29-26-27-30-34-40-45(50)49-44(47(52)53)39-36-42-48/h6,8,11-13,15-16,24,32,37,43-44H,3-5,7,9-10,14,17-23,25-31,33-36,38-42,48H2,1-2H3,(H,49,50)(H,52,53)/b8-6-,13-11-,16-15-,24-12-,37-32-. The minimum Gasteiger partial charge on any atom is -0.480 e. The van der Waals surface area contributed by atoms with Crippen molar-refractivity contribution in [3.05, 3.63) is 60.8 Å². The fourth-order valence-electron chi connectivity index (χ4n) is 6.24. The third-order valence-corrected chi connectivity index (χ3v) is 9.55. The van der Waals surface area contributed by atoms with E-state index in [0.29, 0.717) is 32.2 Å². The lowest BCUT2D eigenvalue weighted by atomic mass is 10.0. The molecule has 0 aliphatic rings. The highest BCUT2D eigenvalue weighted by molar-refractivity contribution is 5.83. The van der Waals surface area contributed by atoms with Crippen LogP contribution in [-0.4, -0.2) is 41.6 Å². The molecule has 0 saturated heterocycles. The topological polar surface area (TPSA) is 119 Å². The normalized spacial score (nSPS) is 13.2. The molecule has 7 nitrogen and oxygen atoms in total. The van der Waals surface area contributed by atoms with Crippen LogP contribution in [0.1, 0.15) is 200 Å². The van der Waals surface area contributed by atoms with Crippen LogP contribution in [0, 0.1) is 0 Å². The predicted molar refractivity (Wildman–Crippen MR) is 229 cm³/mol. The van der Waals surface area contributed by atoms with Crippen molar-refractivity contribution in [2.45, 2.75) is 212 Å². The van der Waals surface area contributed by atoms with Crippen LogP contribution in [0.3, 0.4) is 0 Å². The third kappa shape index (κ3) is 37.4. The summed E-state index contributed by atoms with van der Waals surface area (Å²) in [6, 6.07) is -0.859. The molecule has 0 aliphatic carbocycles. The van der Waals surface area contributed by atoms with Gasteiger partial charge in [-0.1, -0.05) is 152 Å². The second-order valence-corrected chi connectivity index (χ2v) is 14.7. The van der Waals surface area contributed by atoms with Crippen molar-refractivity contribution in [1.82, 2.24) is 5.32 Å². The van der Waals surface area contributed by atoms with E-state index >= 15 is 0 Å². The average molecular weight is 755 g/mol. The van der Waals surface area contributed by atoms with E-state index < -0.39 is 12.0 Å². The lowest BCUT2D eigenvalue weighted by molar-refractivity contribution is -0.147. The third-order valence-electron chi connectivity index (χ3n) is 9.55. The van der Waals surface area contributed by atoms with Crippen molar-refractivity contribution >= 4 is 17.8 Å². The zero-order valence-electron chi connectivity index (χ0n) is 34.8. The molecule has 2 unspecified atom stereocenters. The van der Waals surface area contributed by atoms with Crippen LogP contribution in [0.25, 0.3) is 0 Å². The molecule has 0 aromatic rings. The number of nitrogens with two attached hydrogens (primary N) is 1. The van der Waals surface area contributed by atoms with Gasteiger partial charge in [0.05, 0.1) is 0 Å². The maximum atomic E-state index is 12.7. The molecule has 54 heavy (non-hydrogen) atoms. The molecule has 2 atom stereocenters. The van der Waals surface area contributed by atoms with Gasteiger partial charge in [-0.3, -0.25) is 9.59 Å². The van der Waals surface area contributed by atoms with Gasteiger partial charge in [0.25, 0.3) is 0 Å². The Labute approximate surface area is 331 Å². The first kappa shape index (κ1) is 51.1. The number of allylic oxidation sites excluding steroid dienone is 9. The van der Waals surface area contributed by atoms with Gasteiger partial charge in [0, 0.05) is 12.8 Å². The molecular formula is C47H82N2O5. The highest BCUT2D eigenvalue weighted by Crippen LogP contribution is 2.16. The molecule has 4 N–H and O–H groups in total. The van der Waals surface area contributed by atoms with Crippen molar-refractivity contribution < 1.29 is 24.2 Å². The smallest absolute Gasteiger partial charge is 0.326 e. The van der Waals surface area contributed by atoms with Crippen LogP contribution in [-0.2, 0) is 19.1 Å². The van der Waals surface area contributed by atoms with E-state index in [0.717, 1.165) is 83.5 Å². The number of rotatable bonds is 39. The van der Waals surface area contributed by atoms with E-state index in [1.54, 1.807) is 0 Å². The van der Waals surface area contributed by atoms with Gasteiger partial charge in [-0.2, -0.15) is 0 Å². The number of esters is 1. The van der Waals surface area contributed by atoms with Crippen LogP contribution >= 0.6 is 0 Å². The largest absolute Gasteiger partial charge is 0.480 e. The summed E-state index contributed by atoms with van der Waals surface area (Å²) in [5.41, 5.74) is 5.47. The summed E-state index contributed by atoms with van der Waals surface area (Å²) in [6.07, 6.45) is 51.5. The number of ether oxygens (including phenoxy) is 1. The highest BCUT2D eigenvalue weighted by Gasteiger charge is 2.18. The van der Waals surface area contributed by atoms with E-state index in [9.17, 15) is 19.5 Å². The molecule has 0 rings (SSSR count). The SMILES string of the molecule is CC/C=C\C/C=C\C/C=C\C(CCCCCCCCC(=O)NC(CCCN)C(=O)O)OC(=O)CCCCCCCCCCC/C=C\C/C=C\CCCCC. The Morgan fingerprint density at radius 1 is 0.574 bits per heavy atom. The van der Waals surface area contributed by atoms with Crippen LogP contribution < -0.4 is 11.1 Å². The number of carbonyl (C=O) groups is 3. The Bertz CT molecular complexity index is 1030. The van der Waals surface area contributed by atoms with Gasteiger partial charge in [0.1, 0.15) is 12.1 Å². The van der Waals surface area contributed by atoms with E-state index in [1.807, 2.05) is 0 Å². The quantitative estimate of drug-likeness (QED) is 0.0327. The zero-order valence-corrected chi connectivity index (χ0v) is 34.8. The predicted octanol–water partition coefficient (Wildman–Crippen LogP) is 12.6. The molecule has 0 radical (unpaired) electrons. The van der Waals surface area contributed by atoms with Crippen LogP contribution in [0.2, 0.25) is 0 Å². The molecule has 0 saturated carbocycles. The molecule has 0 aliphatic heterocycles. The van der Waals surface area contributed by atoms with Gasteiger partial charge >= 0.3 is 11.9 Å². The second-order valence-electron chi connectivity index (χ2n) is 14.7. The first-order valence-corrected chi connectivity index (χ1v) is 22.1. The summed E-state index contributed by atoms with van der Waals surface area (Å²) < 4.78 is 5.93. The number of hydrogen-bond donors (Lipinski definition) is 3. The maximum absolute atomic E-state index is 12.7. The van der Waals surface area contributed by atoms with Gasteiger partial charge in [-0.25, -0.2) is 4.79 Å². The molecule has 310 valence electrons. The van der Waals surface area contributed by atoms with E-state index in [2.05, 4.69) is 79.9 Å². The monoisotopic (exact) mass is 755 g/mol. The Morgan fingerprint density at radius 3 is 1.65 bits per heavy atom. The van der Waals surface area contributed by atoms with E-state index in [-0.39, 0.29) is 18.0 Å². The lowest BCUT2D eigenvalue weighted by Crippen LogP contribution is -2.40. The molecule has 0 spiro atoms. The van der Waals surface area contributed by atoms with Crippen LogP contribution in [0.4, 0.5) is 0 Å².